The van der Waals surface area contributed by atoms with Gasteiger partial charge in [0.25, 0.3) is 0 Å². The molecule has 0 aromatic rings. The predicted molar refractivity (Wildman–Crippen MR) is 45.7 cm³/mol. The van der Waals surface area contributed by atoms with E-state index in [4.69, 9.17) is 10.5 Å². The van der Waals surface area contributed by atoms with E-state index in [1.807, 2.05) is 0 Å². The molecule has 1 fully saturated rings. The molecule has 0 spiro atoms. The zero-order chi connectivity index (χ0) is 8.81. The summed E-state index contributed by atoms with van der Waals surface area (Å²) in [7, 11) is 0. The van der Waals surface area contributed by atoms with Gasteiger partial charge in [-0.05, 0) is 12.8 Å². The highest BCUT2D eigenvalue weighted by Gasteiger charge is 2.14. The van der Waals surface area contributed by atoms with Crippen LogP contribution in [0.3, 0.4) is 0 Å². The standard InChI is InChI=1S/C8H16N2O2/c9-8(11)3-4-10-6-7-2-1-5-12-7/h7,10H,1-6H2,(H2,9,11). The minimum atomic E-state index is -0.255. The zero-order valence-electron chi connectivity index (χ0n) is 7.21. The molecule has 0 aromatic heterocycles. The van der Waals surface area contributed by atoms with Crippen molar-refractivity contribution in [2.24, 2.45) is 5.73 Å². The van der Waals surface area contributed by atoms with Crippen LogP contribution in [0.5, 0.6) is 0 Å². The first kappa shape index (κ1) is 9.48. The lowest BCUT2D eigenvalue weighted by Gasteiger charge is -2.09. The number of ether oxygens (including phenoxy) is 1. The second-order valence-corrected chi connectivity index (χ2v) is 3.06. The molecule has 1 aliphatic rings. The highest BCUT2D eigenvalue weighted by atomic mass is 16.5. The van der Waals surface area contributed by atoms with Gasteiger partial charge in [0, 0.05) is 26.1 Å². The monoisotopic (exact) mass is 172 g/mol. The number of nitrogens with two attached hydrogens (primary N) is 1. The molecular formula is C8H16N2O2. The molecule has 1 unspecified atom stereocenters. The van der Waals surface area contributed by atoms with Crippen LogP contribution in [0.15, 0.2) is 0 Å². The van der Waals surface area contributed by atoms with Crippen molar-refractivity contribution in [1.29, 1.82) is 0 Å². The van der Waals surface area contributed by atoms with Crippen molar-refractivity contribution >= 4 is 5.91 Å². The number of hydrogen-bond donors (Lipinski definition) is 2. The highest BCUT2D eigenvalue weighted by molar-refractivity contribution is 5.73. The summed E-state index contributed by atoms with van der Waals surface area (Å²) in [6.07, 6.45) is 3.04. The van der Waals surface area contributed by atoms with E-state index < -0.39 is 0 Å². The van der Waals surface area contributed by atoms with Crippen molar-refractivity contribution in [3.8, 4) is 0 Å². The number of amides is 1. The van der Waals surface area contributed by atoms with Crippen LogP contribution in [0.1, 0.15) is 19.3 Å². The minimum Gasteiger partial charge on any atom is -0.377 e. The number of rotatable bonds is 5. The Hall–Kier alpha value is -0.610. The smallest absolute Gasteiger partial charge is 0.218 e. The summed E-state index contributed by atoms with van der Waals surface area (Å²) < 4.78 is 5.38. The maximum atomic E-state index is 10.3. The Morgan fingerprint density at radius 1 is 1.67 bits per heavy atom. The molecule has 1 heterocycles. The van der Waals surface area contributed by atoms with Gasteiger partial charge < -0.3 is 15.8 Å². The second kappa shape index (κ2) is 5.11. The van der Waals surface area contributed by atoms with E-state index in [2.05, 4.69) is 5.32 Å². The second-order valence-electron chi connectivity index (χ2n) is 3.06. The van der Waals surface area contributed by atoms with Crippen LogP contribution in [0.4, 0.5) is 0 Å². The maximum absolute atomic E-state index is 10.3. The number of nitrogens with one attached hydrogen (secondary N) is 1. The molecule has 1 rings (SSSR count). The summed E-state index contributed by atoms with van der Waals surface area (Å²) in [5.41, 5.74) is 4.98. The quantitative estimate of drug-likeness (QED) is 0.556. The van der Waals surface area contributed by atoms with Crippen LogP contribution in [-0.2, 0) is 9.53 Å². The third kappa shape index (κ3) is 3.69. The van der Waals surface area contributed by atoms with E-state index >= 15 is 0 Å². The van der Waals surface area contributed by atoms with E-state index in [1.165, 1.54) is 0 Å². The molecule has 1 aliphatic heterocycles. The Morgan fingerprint density at radius 2 is 2.50 bits per heavy atom. The van der Waals surface area contributed by atoms with E-state index in [9.17, 15) is 4.79 Å². The van der Waals surface area contributed by atoms with E-state index in [1.54, 1.807) is 0 Å². The molecule has 0 aliphatic carbocycles. The van der Waals surface area contributed by atoms with Gasteiger partial charge in [0.1, 0.15) is 0 Å². The summed E-state index contributed by atoms with van der Waals surface area (Å²) in [5.74, 6) is -0.255. The SMILES string of the molecule is NC(=O)CCNCC1CCCO1. The van der Waals surface area contributed by atoms with Gasteiger partial charge in [-0.2, -0.15) is 0 Å². The molecule has 4 heteroatoms. The van der Waals surface area contributed by atoms with Gasteiger partial charge in [-0.25, -0.2) is 0 Å². The third-order valence-electron chi connectivity index (χ3n) is 1.94. The molecule has 1 saturated heterocycles. The lowest BCUT2D eigenvalue weighted by atomic mass is 10.2. The van der Waals surface area contributed by atoms with Crippen molar-refractivity contribution in [3.05, 3.63) is 0 Å². The molecule has 3 N–H and O–H groups in total. The molecule has 70 valence electrons. The number of carbonyl (C=O) groups excluding carboxylic acids is 1. The molecule has 0 radical (unpaired) electrons. The van der Waals surface area contributed by atoms with Gasteiger partial charge in [0.2, 0.25) is 5.91 Å². The van der Waals surface area contributed by atoms with Crippen LogP contribution in [0.2, 0.25) is 0 Å². The molecule has 4 nitrogen and oxygen atoms in total. The zero-order valence-corrected chi connectivity index (χ0v) is 7.21. The molecule has 0 bridgehead atoms. The summed E-state index contributed by atoms with van der Waals surface area (Å²) in [6, 6.07) is 0. The summed E-state index contributed by atoms with van der Waals surface area (Å²) >= 11 is 0. The molecule has 0 saturated carbocycles. The normalized spacial score (nSPS) is 22.8. The molecular weight excluding hydrogens is 156 g/mol. The Kier molecular flexibility index (Phi) is 4.04. The van der Waals surface area contributed by atoms with Crippen LogP contribution in [0.25, 0.3) is 0 Å². The topological polar surface area (TPSA) is 64.4 Å². The first-order chi connectivity index (χ1) is 5.79. The number of hydrogen-bond acceptors (Lipinski definition) is 3. The van der Waals surface area contributed by atoms with E-state index in [-0.39, 0.29) is 5.91 Å². The first-order valence-corrected chi connectivity index (χ1v) is 4.39. The van der Waals surface area contributed by atoms with E-state index in [0.717, 1.165) is 26.0 Å². The molecule has 12 heavy (non-hydrogen) atoms. The van der Waals surface area contributed by atoms with Crippen molar-refractivity contribution in [2.75, 3.05) is 19.7 Å². The summed E-state index contributed by atoms with van der Waals surface area (Å²) in [4.78, 5) is 10.3. The third-order valence-corrected chi connectivity index (χ3v) is 1.94. The van der Waals surface area contributed by atoms with Gasteiger partial charge in [-0.1, -0.05) is 0 Å². The van der Waals surface area contributed by atoms with Crippen molar-refractivity contribution < 1.29 is 9.53 Å². The van der Waals surface area contributed by atoms with Gasteiger partial charge >= 0.3 is 0 Å². The Balaban J connectivity index is 1.91. The number of primary amides is 1. The average Bonchev–Trinajstić information content (AvgIpc) is 2.49. The summed E-state index contributed by atoms with van der Waals surface area (Å²) in [6.45, 7) is 2.38. The largest absolute Gasteiger partial charge is 0.377 e. The van der Waals surface area contributed by atoms with Crippen LogP contribution in [0, 0.1) is 0 Å². The van der Waals surface area contributed by atoms with Crippen molar-refractivity contribution in [3.63, 3.8) is 0 Å². The van der Waals surface area contributed by atoms with E-state index in [0.29, 0.717) is 19.1 Å². The van der Waals surface area contributed by atoms with Gasteiger partial charge in [0.05, 0.1) is 6.10 Å². The van der Waals surface area contributed by atoms with Crippen LogP contribution >= 0.6 is 0 Å². The lowest BCUT2D eigenvalue weighted by Crippen LogP contribution is -2.29. The summed E-state index contributed by atoms with van der Waals surface area (Å²) in [5, 5.41) is 3.13. The van der Waals surface area contributed by atoms with Crippen molar-refractivity contribution in [2.45, 2.75) is 25.4 Å². The molecule has 0 aromatic carbocycles. The minimum absolute atomic E-state index is 0.255. The van der Waals surface area contributed by atoms with Gasteiger partial charge in [0.15, 0.2) is 0 Å². The fourth-order valence-corrected chi connectivity index (χ4v) is 1.28. The van der Waals surface area contributed by atoms with Crippen LogP contribution in [-0.4, -0.2) is 31.7 Å². The first-order valence-electron chi connectivity index (χ1n) is 4.39. The Morgan fingerprint density at radius 3 is 3.08 bits per heavy atom. The maximum Gasteiger partial charge on any atom is 0.218 e. The molecule has 1 atom stereocenters. The predicted octanol–water partition coefficient (Wildman–Crippen LogP) is -0.370. The molecule has 1 amide bonds. The highest BCUT2D eigenvalue weighted by Crippen LogP contribution is 2.10. The van der Waals surface area contributed by atoms with Crippen molar-refractivity contribution in [1.82, 2.24) is 5.32 Å². The average molecular weight is 172 g/mol. The fourth-order valence-electron chi connectivity index (χ4n) is 1.28. The fraction of sp³-hybridized carbons (Fsp3) is 0.875. The van der Waals surface area contributed by atoms with Gasteiger partial charge in [-0.15, -0.1) is 0 Å². The Bertz CT molecular complexity index is 144. The van der Waals surface area contributed by atoms with Gasteiger partial charge in [-0.3, -0.25) is 4.79 Å². The van der Waals surface area contributed by atoms with Crippen LogP contribution < -0.4 is 11.1 Å². The number of carbonyl (C=O) groups is 1. The Labute approximate surface area is 72.5 Å². The lowest BCUT2D eigenvalue weighted by molar-refractivity contribution is -0.117.